The van der Waals surface area contributed by atoms with Crippen LogP contribution in [0.1, 0.15) is 19.3 Å². The van der Waals surface area contributed by atoms with E-state index in [1.165, 1.54) is 6.26 Å². The van der Waals surface area contributed by atoms with Gasteiger partial charge in [0.1, 0.15) is 0 Å². The maximum Gasteiger partial charge on any atom is 0.225 e. The first-order valence-corrected chi connectivity index (χ1v) is 6.91. The van der Waals surface area contributed by atoms with Gasteiger partial charge in [0.15, 0.2) is 9.84 Å². The summed E-state index contributed by atoms with van der Waals surface area (Å²) in [5.74, 6) is 0.365. The highest BCUT2D eigenvalue weighted by atomic mass is 32.2. The first kappa shape index (κ1) is 9.96. The molecule has 1 aliphatic heterocycles. The maximum absolute atomic E-state index is 11.6. The zero-order valence-corrected chi connectivity index (χ0v) is 9.09. The average molecular weight is 217 g/mol. The van der Waals surface area contributed by atoms with Crippen molar-refractivity contribution >= 4 is 15.7 Å². The summed E-state index contributed by atoms with van der Waals surface area (Å²) in [6.45, 7) is 1.03. The van der Waals surface area contributed by atoms with Crippen LogP contribution in [0.25, 0.3) is 0 Å². The van der Waals surface area contributed by atoms with Gasteiger partial charge in [-0.1, -0.05) is 0 Å². The van der Waals surface area contributed by atoms with Crippen molar-refractivity contribution < 1.29 is 13.2 Å². The van der Waals surface area contributed by atoms with Crippen molar-refractivity contribution in [2.24, 2.45) is 5.92 Å². The van der Waals surface area contributed by atoms with Gasteiger partial charge in [-0.05, 0) is 19.3 Å². The minimum atomic E-state index is -2.97. The second-order valence-electron chi connectivity index (χ2n) is 4.30. The van der Waals surface area contributed by atoms with Crippen LogP contribution in [0.4, 0.5) is 0 Å². The van der Waals surface area contributed by atoms with Crippen LogP contribution in [0.3, 0.4) is 0 Å². The fourth-order valence-corrected chi connectivity index (χ4v) is 2.85. The molecule has 4 nitrogen and oxygen atoms in total. The number of amides is 1. The topological polar surface area (TPSA) is 54.5 Å². The van der Waals surface area contributed by atoms with E-state index in [1.807, 2.05) is 0 Å². The smallest absolute Gasteiger partial charge is 0.225 e. The number of rotatable bonds is 2. The van der Waals surface area contributed by atoms with Gasteiger partial charge < -0.3 is 4.90 Å². The van der Waals surface area contributed by atoms with Crippen molar-refractivity contribution in [2.45, 2.75) is 24.5 Å². The normalized spacial score (nSPS) is 28.1. The number of likely N-dealkylation sites (tertiary alicyclic amines) is 1. The third kappa shape index (κ3) is 1.92. The summed E-state index contributed by atoms with van der Waals surface area (Å²) in [5.41, 5.74) is 0. The van der Waals surface area contributed by atoms with Crippen LogP contribution in [0.15, 0.2) is 0 Å². The number of carbonyl (C=O) groups is 1. The number of carbonyl (C=O) groups excluding carboxylic acids is 1. The molecule has 0 aromatic carbocycles. The summed E-state index contributed by atoms with van der Waals surface area (Å²) in [4.78, 5) is 13.3. The Hall–Kier alpha value is -0.580. The predicted molar refractivity (Wildman–Crippen MR) is 52.6 cm³/mol. The minimum absolute atomic E-state index is 0.163. The Kier molecular flexibility index (Phi) is 2.29. The van der Waals surface area contributed by atoms with Gasteiger partial charge in [0, 0.05) is 25.3 Å². The predicted octanol–water partition coefficient (Wildman–Crippen LogP) is 0.0419. The van der Waals surface area contributed by atoms with E-state index < -0.39 is 9.84 Å². The molecule has 80 valence electrons. The monoisotopic (exact) mass is 217 g/mol. The molecule has 0 aromatic rings. The third-order valence-corrected chi connectivity index (χ3v) is 4.58. The van der Waals surface area contributed by atoms with Gasteiger partial charge in [-0.15, -0.1) is 0 Å². The van der Waals surface area contributed by atoms with Crippen LogP contribution in [0, 0.1) is 5.92 Å². The zero-order chi connectivity index (χ0) is 10.3. The van der Waals surface area contributed by atoms with Gasteiger partial charge in [-0.3, -0.25) is 4.79 Å². The number of hydrogen-bond donors (Lipinski definition) is 0. The van der Waals surface area contributed by atoms with Crippen molar-refractivity contribution in [3.8, 4) is 0 Å². The minimum Gasteiger partial charge on any atom is -0.341 e. The fraction of sp³-hybridized carbons (Fsp3) is 0.889. The molecule has 0 aromatic heterocycles. The summed E-state index contributed by atoms with van der Waals surface area (Å²) in [6.07, 6.45) is 3.83. The summed E-state index contributed by atoms with van der Waals surface area (Å²) in [7, 11) is -2.97. The lowest BCUT2D eigenvalue weighted by atomic mass is 10.3. The second kappa shape index (κ2) is 3.22. The van der Waals surface area contributed by atoms with Crippen LogP contribution in [0.2, 0.25) is 0 Å². The molecule has 0 N–H and O–H groups in total. The maximum atomic E-state index is 11.6. The number of hydrogen-bond acceptors (Lipinski definition) is 3. The van der Waals surface area contributed by atoms with Gasteiger partial charge in [-0.25, -0.2) is 8.42 Å². The molecule has 0 radical (unpaired) electrons. The molecule has 1 atom stereocenters. The standard InChI is InChI=1S/C9H15NO3S/c1-14(12,13)8-4-5-10(6-8)9(11)7-2-3-7/h7-8H,2-6H2,1H3/t8-/m0/s1. The SMILES string of the molecule is CS(=O)(=O)[C@H]1CCN(C(=O)C2CC2)C1. The molecule has 0 spiro atoms. The van der Waals surface area contributed by atoms with Gasteiger partial charge in [0.25, 0.3) is 0 Å². The lowest BCUT2D eigenvalue weighted by Gasteiger charge is -2.15. The van der Waals surface area contributed by atoms with Gasteiger partial charge in [0.2, 0.25) is 5.91 Å². The van der Waals surface area contributed by atoms with E-state index in [2.05, 4.69) is 0 Å². The van der Waals surface area contributed by atoms with E-state index in [4.69, 9.17) is 0 Å². The molecule has 2 fully saturated rings. The largest absolute Gasteiger partial charge is 0.341 e. The first-order chi connectivity index (χ1) is 6.48. The van der Waals surface area contributed by atoms with E-state index in [9.17, 15) is 13.2 Å². The van der Waals surface area contributed by atoms with Gasteiger partial charge in [-0.2, -0.15) is 0 Å². The molecule has 2 rings (SSSR count). The molecule has 1 aliphatic carbocycles. The Balaban J connectivity index is 1.97. The van der Waals surface area contributed by atoms with Crippen molar-refractivity contribution in [3.63, 3.8) is 0 Å². The van der Waals surface area contributed by atoms with Crippen molar-refractivity contribution in [3.05, 3.63) is 0 Å². The third-order valence-electron chi connectivity index (χ3n) is 2.99. The summed E-state index contributed by atoms with van der Waals surface area (Å²) in [6, 6.07) is 0. The molecule has 1 heterocycles. The van der Waals surface area contributed by atoms with Crippen LogP contribution >= 0.6 is 0 Å². The molecule has 0 unspecified atom stereocenters. The summed E-state index contributed by atoms with van der Waals surface area (Å²) in [5, 5.41) is -0.329. The van der Waals surface area contributed by atoms with E-state index in [-0.39, 0.29) is 17.1 Å². The van der Waals surface area contributed by atoms with Gasteiger partial charge >= 0.3 is 0 Å². The lowest BCUT2D eigenvalue weighted by Crippen LogP contribution is -2.32. The molecular formula is C9H15NO3S. The average Bonchev–Trinajstić information content (AvgIpc) is 2.79. The van der Waals surface area contributed by atoms with E-state index in [1.54, 1.807) is 4.90 Å². The highest BCUT2D eigenvalue weighted by Gasteiger charge is 2.38. The Morgan fingerprint density at radius 3 is 2.36 bits per heavy atom. The van der Waals surface area contributed by atoms with E-state index in [0.29, 0.717) is 19.5 Å². The Bertz CT molecular complexity index is 345. The van der Waals surface area contributed by atoms with Crippen LogP contribution in [-0.2, 0) is 14.6 Å². The van der Waals surface area contributed by atoms with Crippen molar-refractivity contribution in [2.75, 3.05) is 19.3 Å². The summed E-state index contributed by atoms with van der Waals surface area (Å²) < 4.78 is 22.5. The van der Waals surface area contributed by atoms with Crippen molar-refractivity contribution in [1.29, 1.82) is 0 Å². The van der Waals surface area contributed by atoms with Crippen LogP contribution in [-0.4, -0.2) is 43.8 Å². The van der Waals surface area contributed by atoms with Crippen molar-refractivity contribution in [1.82, 2.24) is 4.90 Å². The number of sulfone groups is 1. The molecule has 1 amide bonds. The van der Waals surface area contributed by atoms with Gasteiger partial charge in [0.05, 0.1) is 5.25 Å². The first-order valence-electron chi connectivity index (χ1n) is 4.96. The molecule has 1 saturated heterocycles. The number of nitrogens with zero attached hydrogens (tertiary/aromatic N) is 1. The Morgan fingerprint density at radius 1 is 1.29 bits per heavy atom. The second-order valence-corrected chi connectivity index (χ2v) is 6.62. The van der Waals surface area contributed by atoms with Crippen LogP contribution < -0.4 is 0 Å². The van der Waals surface area contributed by atoms with E-state index >= 15 is 0 Å². The molecule has 5 heteroatoms. The summed E-state index contributed by atoms with van der Waals surface area (Å²) >= 11 is 0. The quantitative estimate of drug-likeness (QED) is 0.656. The molecule has 1 saturated carbocycles. The molecule has 14 heavy (non-hydrogen) atoms. The Morgan fingerprint density at radius 2 is 1.93 bits per heavy atom. The fourth-order valence-electron chi connectivity index (χ4n) is 1.87. The van der Waals surface area contributed by atoms with Crippen LogP contribution in [0.5, 0.6) is 0 Å². The zero-order valence-electron chi connectivity index (χ0n) is 8.27. The Labute approximate surface area is 84.2 Å². The molecular weight excluding hydrogens is 202 g/mol. The highest BCUT2D eigenvalue weighted by molar-refractivity contribution is 7.91. The lowest BCUT2D eigenvalue weighted by molar-refractivity contribution is -0.131. The highest BCUT2D eigenvalue weighted by Crippen LogP contribution is 2.32. The molecule has 0 bridgehead atoms. The van der Waals surface area contributed by atoms with E-state index in [0.717, 1.165) is 12.8 Å². The molecule has 2 aliphatic rings.